The summed E-state index contributed by atoms with van der Waals surface area (Å²) in [5.74, 6) is 1.54. The summed E-state index contributed by atoms with van der Waals surface area (Å²) in [7, 11) is 0.753. The largest absolute Gasteiger partial charge is 0.378 e. The van der Waals surface area contributed by atoms with Gasteiger partial charge in [-0.1, -0.05) is 45.4 Å². The lowest BCUT2D eigenvalue weighted by Gasteiger charge is -2.39. The summed E-state index contributed by atoms with van der Waals surface area (Å²) < 4.78 is 20.7. The standard InChI is InChI=1S/C24H35N2O2P/c1-18(2)23-16-11-19(3)17-24(23)28-29(27,22-9-7-6-8-10-22)25-20-12-14-21(15-13-20)26(4)5/h6-10,12-15,18-19,23-24H,11,16-17H2,1-5H3,(H,25,27)/t19-,23-,24-,29+/m1/s1. The van der Waals surface area contributed by atoms with Gasteiger partial charge in [-0.3, -0.25) is 4.57 Å². The second kappa shape index (κ2) is 9.36. The zero-order valence-electron chi connectivity index (χ0n) is 18.3. The van der Waals surface area contributed by atoms with Gasteiger partial charge in [0.25, 0.3) is 0 Å². The molecule has 0 radical (unpaired) electrons. The zero-order valence-corrected chi connectivity index (χ0v) is 19.2. The van der Waals surface area contributed by atoms with Crippen LogP contribution in [0.2, 0.25) is 0 Å². The third-order valence-electron chi connectivity index (χ3n) is 6.00. The lowest BCUT2D eigenvalue weighted by molar-refractivity contribution is 0.0506. The van der Waals surface area contributed by atoms with E-state index >= 15 is 0 Å². The third-order valence-corrected chi connectivity index (χ3v) is 8.10. The second-order valence-corrected chi connectivity index (χ2v) is 11.0. The Morgan fingerprint density at radius 2 is 1.69 bits per heavy atom. The van der Waals surface area contributed by atoms with Crippen LogP contribution in [0.25, 0.3) is 0 Å². The first-order chi connectivity index (χ1) is 13.8. The summed E-state index contributed by atoms with van der Waals surface area (Å²) in [6.07, 6.45) is 3.31. The Kier molecular flexibility index (Phi) is 7.08. The molecular weight excluding hydrogens is 379 g/mol. The number of nitrogens with one attached hydrogen (secondary N) is 1. The van der Waals surface area contributed by atoms with Crippen LogP contribution in [0.1, 0.15) is 40.0 Å². The molecule has 1 fully saturated rings. The van der Waals surface area contributed by atoms with Crippen molar-refractivity contribution in [2.45, 2.75) is 46.1 Å². The molecule has 0 aliphatic heterocycles. The lowest BCUT2D eigenvalue weighted by atomic mass is 9.75. The molecule has 2 aromatic carbocycles. The lowest BCUT2D eigenvalue weighted by Crippen LogP contribution is -2.35. The minimum atomic E-state index is -3.27. The van der Waals surface area contributed by atoms with E-state index in [1.54, 1.807) is 0 Å². The van der Waals surface area contributed by atoms with Crippen LogP contribution in [-0.4, -0.2) is 20.2 Å². The van der Waals surface area contributed by atoms with Crippen molar-refractivity contribution in [3.63, 3.8) is 0 Å². The molecule has 29 heavy (non-hydrogen) atoms. The van der Waals surface area contributed by atoms with Crippen molar-refractivity contribution < 1.29 is 9.09 Å². The van der Waals surface area contributed by atoms with E-state index in [1.807, 2.05) is 73.6 Å². The van der Waals surface area contributed by atoms with E-state index in [1.165, 1.54) is 6.42 Å². The van der Waals surface area contributed by atoms with Crippen LogP contribution in [0.3, 0.4) is 0 Å². The maximum absolute atomic E-state index is 14.2. The van der Waals surface area contributed by atoms with Gasteiger partial charge in [-0.15, -0.1) is 0 Å². The van der Waals surface area contributed by atoms with Gasteiger partial charge in [-0.2, -0.15) is 0 Å². The average Bonchev–Trinajstić information content (AvgIpc) is 2.69. The van der Waals surface area contributed by atoms with Gasteiger partial charge < -0.3 is 14.5 Å². The Bertz CT molecular complexity index is 821. The van der Waals surface area contributed by atoms with Gasteiger partial charge in [0.1, 0.15) is 0 Å². The number of anilines is 2. The topological polar surface area (TPSA) is 41.6 Å². The molecule has 0 unspecified atom stereocenters. The molecule has 0 amide bonds. The molecular formula is C24H35N2O2P. The van der Waals surface area contributed by atoms with Crippen LogP contribution in [0.5, 0.6) is 0 Å². The van der Waals surface area contributed by atoms with E-state index in [-0.39, 0.29) is 6.10 Å². The molecule has 0 saturated heterocycles. The zero-order chi connectivity index (χ0) is 21.0. The smallest absolute Gasteiger partial charge is 0.324 e. The molecule has 1 N–H and O–H groups in total. The Morgan fingerprint density at radius 1 is 1.03 bits per heavy atom. The molecule has 158 valence electrons. The van der Waals surface area contributed by atoms with Gasteiger partial charge in [-0.25, -0.2) is 0 Å². The predicted molar refractivity (Wildman–Crippen MR) is 124 cm³/mol. The van der Waals surface area contributed by atoms with Crippen LogP contribution in [0.15, 0.2) is 54.6 Å². The summed E-state index contributed by atoms with van der Waals surface area (Å²) in [5, 5.41) is 3.99. The van der Waals surface area contributed by atoms with Crippen LogP contribution < -0.4 is 15.3 Å². The monoisotopic (exact) mass is 414 g/mol. The van der Waals surface area contributed by atoms with E-state index in [0.29, 0.717) is 17.8 Å². The first kappa shape index (κ1) is 21.9. The highest BCUT2D eigenvalue weighted by atomic mass is 31.2. The summed E-state index contributed by atoms with van der Waals surface area (Å²) in [5.41, 5.74) is 1.92. The summed E-state index contributed by atoms with van der Waals surface area (Å²) in [6, 6.07) is 17.6. The van der Waals surface area contributed by atoms with Crippen LogP contribution >= 0.6 is 7.52 Å². The molecule has 4 atom stereocenters. The highest BCUT2D eigenvalue weighted by molar-refractivity contribution is 7.68. The molecule has 1 aliphatic rings. The molecule has 0 aromatic heterocycles. The van der Waals surface area contributed by atoms with Crippen molar-refractivity contribution >= 4 is 24.2 Å². The SMILES string of the molecule is CC(C)[C@H]1CC[C@@H](C)C[C@H]1O[P@](=O)(Nc1ccc(N(C)C)cc1)c1ccccc1. The van der Waals surface area contributed by atoms with Crippen molar-refractivity contribution in [2.75, 3.05) is 24.1 Å². The normalized spacial score (nSPS) is 24.1. The summed E-state index contributed by atoms with van der Waals surface area (Å²) >= 11 is 0. The molecule has 0 heterocycles. The van der Waals surface area contributed by atoms with Gasteiger partial charge in [0.15, 0.2) is 0 Å². The van der Waals surface area contributed by atoms with Crippen molar-refractivity contribution in [3.05, 3.63) is 54.6 Å². The predicted octanol–water partition coefficient (Wildman–Crippen LogP) is 6.16. The molecule has 5 heteroatoms. The minimum absolute atomic E-state index is 0.00154. The number of hydrogen-bond donors (Lipinski definition) is 1. The molecule has 3 rings (SSSR count). The van der Waals surface area contributed by atoms with Crippen LogP contribution in [0, 0.1) is 17.8 Å². The van der Waals surface area contributed by atoms with Crippen molar-refractivity contribution in [1.82, 2.24) is 0 Å². The molecule has 0 bridgehead atoms. The fourth-order valence-electron chi connectivity index (χ4n) is 4.21. The number of hydrogen-bond acceptors (Lipinski definition) is 3. The quantitative estimate of drug-likeness (QED) is 0.551. The third kappa shape index (κ3) is 5.43. The van der Waals surface area contributed by atoms with E-state index in [2.05, 4.69) is 25.9 Å². The fourth-order valence-corrected chi connectivity index (χ4v) is 6.19. The van der Waals surface area contributed by atoms with Crippen LogP contribution in [-0.2, 0) is 9.09 Å². The molecule has 1 saturated carbocycles. The van der Waals surface area contributed by atoms with Gasteiger partial charge in [0, 0.05) is 25.5 Å². The maximum atomic E-state index is 14.2. The van der Waals surface area contributed by atoms with Gasteiger partial charge in [0.2, 0.25) is 0 Å². The van der Waals surface area contributed by atoms with Crippen molar-refractivity contribution in [2.24, 2.45) is 17.8 Å². The highest BCUT2D eigenvalue weighted by Gasteiger charge is 2.38. The van der Waals surface area contributed by atoms with E-state index in [4.69, 9.17) is 4.52 Å². The van der Waals surface area contributed by atoms with E-state index in [9.17, 15) is 4.57 Å². The van der Waals surface area contributed by atoms with Gasteiger partial charge in [0.05, 0.1) is 11.4 Å². The maximum Gasteiger partial charge on any atom is 0.324 e. The highest BCUT2D eigenvalue weighted by Crippen LogP contribution is 2.51. The van der Waals surface area contributed by atoms with E-state index in [0.717, 1.165) is 29.5 Å². The van der Waals surface area contributed by atoms with E-state index < -0.39 is 7.52 Å². The molecule has 1 aliphatic carbocycles. The number of benzene rings is 2. The first-order valence-electron chi connectivity index (χ1n) is 10.7. The van der Waals surface area contributed by atoms with Gasteiger partial charge in [-0.05, 0) is 67.0 Å². The number of rotatable bonds is 7. The Morgan fingerprint density at radius 3 is 2.28 bits per heavy atom. The Hall–Kier alpha value is -1.77. The van der Waals surface area contributed by atoms with Gasteiger partial charge >= 0.3 is 7.52 Å². The first-order valence-corrected chi connectivity index (χ1v) is 12.3. The number of nitrogens with zero attached hydrogens (tertiary/aromatic N) is 1. The Labute approximate surface area is 176 Å². The average molecular weight is 415 g/mol. The summed E-state index contributed by atoms with van der Waals surface area (Å²) in [6.45, 7) is 6.77. The molecule has 2 aromatic rings. The van der Waals surface area contributed by atoms with Crippen molar-refractivity contribution in [3.8, 4) is 0 Å². The van der Waals surface area contributed by atoms with Crippen molar-refractivity contribution in [1.29, 1.82) is 0 Å². The van der Waals surface area contributed by atoms with Crippen LogP contribution in [0.4, 0.5) is 11.4 Å². The summed E-state index contributed by atoms with van der Waals surface area (Å²) in [4.78, 5) is 2.05. The Balaban J connectivity index is 1.90. The molecule has 0 spiro atoms. The minimum Gasteiger partial charge on any atom is -0.378 e. The fraction of sp³-hybridized carbons (Fsp3) is 0.500. The second-order valence-electron chi connectivity index (χ2n) is 8.91. The molecule has 4 nitrogen and oxygen atoms in total.